The van der Waals surface area contributed by atoms with Crippen molar-refractivity contribution in [2.45, 2.75) is 66.0 Å². The molecule has 0 spiro atoms. The second kappa shape index (κ2) is 8.21. The fraction of sp³-hybridized carbons (Fsp3) is 0.579. The standard InChI is InChI=1S/C19H27N5O2S/c1-5-13(4)20-16(25)8-6-7-15-21-22-19-23(11-12(2)3)18(26)17-14(24(15)19)9-10-27-17/h9-10,12-13H,5-8,11H2,1-4H3,(H,20,25)/t13-/m1/s1. The van der Waals surface area contributed by atoms with Gasteiger partial charge in [0.15, 0.2) is 0 Å². The second-order valence-corrected chi connectivity index (χ2v) is 8.34. The number of aryl methyl sites for hydroxylation is 1. The van der Waals surface area contributed by atoms with Crippen LogP contribution >= 0.6 is 11.3 Å². The van der Waals surface area contributed by atoms with Crippen molar-refractivity contribution in [1.29, 1.82) is 0 Å². The number of hydrogen-bond acceptors (Lipinski definition) is 5. The Morgan fingerprint density at radius 1 is 1.30 bits per heavy atom. The first-order valence-corrected chi connectivity index (χ1v) is 10.4. The molecular formula is C19H27N5O2S. The molecule has 0 aliphatic carbocycles. The fourth-order valence-electron chi connectivity index (χ4n) is 3.13. The van der Waals surface area contributed by atoms with Gasteiger partial charge in [0.1, 0.15) is 10.5 Å². The molecule has 1 atom stereocenters. The highest BCUT2D eigenvalue weighted by Crippen LogP contribution is 2.21. The summed E-state index contributed by atoms with van der Waals surface area (Å²) in [5.41, 5.74) is 0.845. The summed E-state index contributed by atoms with van der Waals surface area (Å²) in [4.78, 5) is 24.8. The fourth-order valence-corrected chi connectivity index (χ4v) is 3.95. The van der Waals surface area contributed by atoms with Gasteiger partial charge in [0.05, 0.1) is 5.52 Å². The van der Waals surface area contributed by atoms with Crippen molar-refractivity contribution in [2.75, 3.05) is 0 Å². The third-order valence-electron chi connectivity index (χ3n) is 4.65. The summed E-state index contributed by atoms with van der Waals surface area (Å²) < 4.78 is 4.41. The van der Waals surface area contributed by atoms with Gasteiger partial charge in [0.25, 0.3) is 5.56 Å². The molecule has 0 bridgehead atoms. The van der Waals surface area contributed by atoms with Crippen LogP contribution in [0, 0.1) is 5.92 Å². The van der Waals surface area contributed by atoms with Crippen LogP contribution in [0.3, 0.4) is 0 Å². The van der Waals surface area contributed by atoms with E-state index in [0.717, 1.165) is 22.5 Å². The highest BCUT2D eigenvalue weighted by Gasteiger charge is 2.18. The number of carbonyl (C=O) groups is 1. The molecule has 3 rings (SSSR count). The Morgan fingerprint density at radius 3 is 2.78 bits per heavy atom. The predicted octanol–water partition coefficient (Wildman–Crippen LogP) is 3.00. The molecule has 0 aromatic carbocycles. The van der Waals surface area contributed by atoms with Gasteiger partial charge in [-0.2, -0.15) is 0 Å². The third kappa shape index (κ3) is 4.05. The molecule has 0 unspecified atom stereocenters. The average Bonchev–Trinajstić information content (AvgIpc) is 3.25. The van der Waals surface area contributed by atoms with Crippen molar-refractivity contribution < 1.29 is 4.79 Å². The van der Waals surface area contributed by atoms with Crippen molar-refractivity contribution in [1.82, 2.24) is 24.5 Å². The van der Waals surface area contributed by atoms with E-state index in [1.54, 1.807) is 4.57 Å². The molecule has 3 aromatic heterocycles. The molecule has 3 aromatic rings. The number of hydrogen-bond donors (Lipinski definition) is 1. The first-order chi connectivity index (χ1) is 12.9. The summed E-state index contributed by atoms with van der Waals surface area (Å²) in [6.07, 6.45) is 2.71. The average molecular weight is 390 g/mol. The number of amides is 1. The molecule has 0 saturated carbocycles. The highest BCUT2D eigenvalue weighted by molar-refractivity contribution is 7.17. The molecule has 0 aliphatic rings. The molecular weight excluding hydrogens is 362 g/mol. The summed E-state index contributed by atoms with van der Waals surface area (Å²) in [7, 11) is 0. The first kappa shape index (κ1) is 19.5. The van der Waals surface area contributed by atoms with Crippen LogP contribution in [0.1, 0.15) is 52.8 Å². The van der Waals surface area contributed by atoms with Crippen LogP contribution in [-0.2, 0) is 17.8 Å². The lowest BCUT2D eigenvalue weighted by molar-refractivity contribution is -0.121. The Balaban J connectivity index is 1.88. The molecule has 3 heterocycles. The van der Waals surface area contributed by atoms with E-state index in [2.05, 4.69) is 36.3 Å². The minimum absolute atomic E-state index is 0.00641. The normalized spacial score (nSPS) is 12.9. The van der Waals surface area contributed by atoms with E-state index in [4.69, 9.17) is 0 Å². The zero-order valence-corrected chi connectivity index (χ0v) is 17.2. The Hall–Kier alpha value is -2.22. The molecule has 0 aliphatic heterocycles. The zero-order valence-electron chi connectivity index (χ0n) is 16.4. The minimum Gasteiger partial charge on any atom is -0.354 e. The summed E-state index contributed by atoms with van der Waals surface area (Å²) in [6, 6.07) is 2.14. The second-order valence-electron chi connectivity index (χ2n) is 7.43. The van der Waals surface area contributed by atoms with Gasteiger partial charge in [-0.15, -0.1) is 21.5 Å². The van der Waals surface area contributed by atoms with Crippen molar-refractivity contribution in [3.8, 4) is 0 Å². The lowest BCUT2D eigenvalue weighted by Gasteiger charge is -2.12. The van der Waals surface area contributed by atoms with Gasteiger partial charge in [-0.1, -0.05) is 20.8 Å². The van der Waals surface area contributed by atoms with Gasteiger partial charge >= 0.3 is 0 Å². The monoisotopic (exact) mass is 389 g/mol. The smallest absolute Gasteiger partial charge is 0.272 e. The van der Waals surface area contributed by atoms with Crippen LogP contribution in [-0.4, -0.2) is 31.1 Å². The van der Waals surface area contributed by atoms with Crippen LogP contribution in [0.5, 0.6) is 0 Å². The topological polar surface area (TPSA) is 81.3 Å². The van der Waals surface area contributed by atoms with Crippen LogP contribution < -0.4 is 10.9 Å². The van der Waals surface area contributed by atoms with Crippen LogP contribution in [0.25, 0.3) is 16.0 Å². The van der Waals surface area contributed by atoms with Crippen molar-refractivity contribution in [3.63, 3.8) is 0 Å². The summed E-state index contributed by atoms with van der Waals surface area (Å²) in [5.74, 6) is 1.77. The Kier molecular flexibility index (Phi) is 5.94. The van der Waals surface area contributed by atoms with Gasteiger partial charge in [0.2, 0.25) is 11.7 Å². The van der Waals surface area contributed by atoms with Gasteiger partial charge in [-0.05, 0) is 37.1 Å². The van der Waals surface area contributed by atoms with Gasteiger partial charge in [-0.25, -0.2) is 0 Å². The number of carbonyl (C=O) groups excluding carboxylic acids is 1. The predicted molar refractivity (Wildman–Crippen MR) is 108 cm³/mol. The lowest BCUT2D eigenvalue weighted by atomic mass is 10.2. The molecule has 1 amide bonds. The number of rotatable bonds is 8. The van der Waals surface area contributed by atoms with Crippen LogP contribution in [0.4, 0.5) is 0 Å². The number of nitrogens with zero attached hydrogens (tertiary/aromatic N) is 4. The number of aromatic nitrogens is 4. The minimum atomic E-state index is -0.00641. The van der Waals surface area contributed by atoms with E-state index in [0.29, 0.717) is 37.5 Å². The van der Waals surface area contributed by atoms with E-state index in [1.165, 1.54) is 11.3 Å². The number of fused-ring (bicyclic) bond motifs is 3. The lowest BCUT2D eigenvalue weighted by Crippen LogP contribution is -2.31. The van der Waals surface area contributed by atoms with E-state index >= 15 is 0 Å². The molecule has 0 radical (unpaired) electrons. The van der Waals surface area contributed by atoms with Gasteiger partial charge in [-0.3, -0.25) is 18.6 Å². The maximum absolute atomic E-state index is 12.8. The van der Waals surface area contributed by atoms with E-state index in [1.807, 2.05) is 22.8 Å². The van der Waals surface area contributed by atoms with Crippen molar-refractivity contribution in [3.05, 3.63) is 27.6 Å². The van der Waals surface area contributed by atoms with E-state index in [9.17, 15) is 9.59 Å². The quantitative estimate of drug-likeness (QED) is 0.642. The zero-order chi connectivity index (χ0) is 19.6. The van der Waals surface area contributed by atoms with Gasteiger partial charge < -0.3 is 5.32 Å². The largest absolute Gasteiger partial charge is 0.354 e. The maximum atomic E-state index is 12.8. The summed E-state index contributed by atoms with van der Waals surface area (Å²) in [6.45, 7) is 8.82. The third-order valence-corrected chi connectivity index (χ3v) is 5.54. The molecule has 8 heteroatoms. The molecule has 27 heavy (non-hydrogen) atoms. The van der Waals surface area contributed by atoms with Gasteiger partial charge in [0, 0.05) is 25.4 Å². The van der Waals surface area contributed by atoms with E-state index in [-0.39, 0.29) is 17.5 Å². The van der Waals surface area contributed by atoms with Crippen molar-refractivity contribution in [2.24, 2.45) is 5.92 Å². The van der Waals surface area contributed by atoms with Crippen LogP contribution in [0.15, 0.2) is 16.2 Å². The van der Waals surface area contributed by atoms with Crippen LogP contribution in [0.2, 0.25) is 0 Å². The number of thiophene rings is 1. The number of nitrogens with one attached hydrogen (secondary N) is 1. The van der Waals surface area contributed by atoms with E-state index < -0.39 is 0 Å². The SMILES string of the molecule is CC[C@@H](C)NC(=O)CCCc1nnc2n(CC(C)C)c(=O)c3sccc3n12. The highest BCUT2D eigenvalue weighted by atomic mass is 32.1. The molecule has 146 valence electrons. The van der Waals surface area contributed by atoms with Crippen molar-refractivity contribution >= 4 is 33.2 Å². The summed E-state index contributed by atoms with van der Waals surface area (Å²) >= 11 is 1.45. The maximum Gasteiger partial charge on any atom is 0.272 e. The molecule has 1 N–H and O–H groups in total. The Labute approximate surface area is 162 Å². The first-order valence-electron chi connectivity index (χ1n) is 9.55. The molecule has 7 nitrogen and oxygen atoms in total. The summed E-state index contributed by atoms with van der Waals surface area (Å²) in [5, 5.41) is 13.5. The Bertz CT molecular complexity index is 1000. The molecule has 0 fully saturated rings. The molecule has 0 saturated heterocycles. The Morgan fingerprint density at radius 2 is 2.07 bits per heavy atom.